The third-order valence-electron chi connectivity index (χ3n) is 3.64. The molecule has 28 heavy (non-hydrogen) atoms. The van der Waals surface area contributed by atoms with Crippen molar-refractivity contribution in [3.05, 3.63) is 85.1 Å². The number of rotatable bonds is 14. The Kier molecular flexibility index (Phi) is 13.5. The van der Waals surface area contributed by atoms with Crippen LogP contribution in [0.5, 0.6) is 0 Å². The minimum absolute atomic E-state index is 0.257. The summed E-state index contributed by atoms with van der Waals surface area (Å²) in [5, 5.41) is 24.8. The molecular formula is C22H30N2O4. The molecule has 0 aromatic rings. The average molecular weight is 386 g/mol. The highest BCUT2D eigenvalue weighted by molar-refractivity contribution is 5.79. The summed E-state index contributed by atoms with van der Waals surface area (Å²) in [4.78, 5) is 23.2. The van der Waals surface area contributed by atoms with Crippen molar-refractivity contribution in [3.63, 3.8) is 0 Å². The zero-order valence-corrected chi connectivity index (χ0v) is 16.5. The van der Waals surface area contributed by atoms with Crippen LogP contribution in [0.25, 0.3) is 0 Å². The van der Waals surface area contributed by atoms with E-state index in [0.717, 1.165) is 0 Å². The molecule has 0 radical (unpaired) electrons. The molecule has 2 unspecified atom stereocenters. The molecule has 0 saturated heterocycles. The summed E-state index contributed by atoms with van der Waals surface area (Å²) in [6, 6.07) is -1.84. The Morgan fingerprint density at radius 3 is 1.82 bits per heavy atom. The summed E-state index contributed by atoms with van der Waals surface area (Å²) < 4.78 is 0. The van der Waals surface area contributed by atoms with Crippen molar-refractivity contribution in [3.8, 4) is 0 Å². The molecule has 152 valence electrons. The van der Waals surface area contributed by atoms with E-state index in [1.165, 1.54) is 6.08 Å². The first kappa shape index (κ1) is 25.0. The maximum Gasteiger partial charge on any atom is 0.325 e. The van der Waals surface area contributed by atoms with Crippen LogP contribution in [0, 0.1) is 0 Å². The van der Waals surface area contributed by atoms with Crippen LogP contribution in [0.2, 0.25) is 0 Å². The summed E-state index contributed by atoms with van der Waals surface area (Å²) in [7, 11) is 0. The maximum atomic E-state index is 11.6. The zero-order valence-electron chi connectivity index (χ0n) is 16.5. The van der Waals surface area contributed by atoms with Crippen LogP contribution in [-0.2, 0) is 9.59 Å². The lowest BCUT2D eigenvalue weighted by atomic mass is 10.1. The SMILES string of the molecule is C=C/C=C\C(=C/C=C)C(NCCNC(C(=O)O)C(/C=C\C=C/C)=C/C)C(=O)O. The lowest BCUT2D eigenvalue weighted by Gasteiger charge is -2.19. The topological polar surface area (TPSA) is 98.7 Å². The molecule has 2 atom stereocenters. The summed E-state index contributed by atoms with van der Waals surface area (Å²) in [5.41, 5.74) is 1.13. The van der Waals surface area contributed by atoms with E-state index in [2.05, 4.69) is 23.8 Å². The van der Waals surface area contributed by atoms with Gasteiger partial charge < -0.3 is 10.2 Å². The van der Waals surface area contributed by atoms with Gasteiger partial charge in [-0.15, -0.1) is 0 Å². The first-order chi connectivity index (χ1) is 13.4. The average Bonchev–Trinajstić information content (AvgIpc) is 2.66. The Morgan fingerprint density at radius 2 is 1.39 bits per heavy atom. The predicted octanol–water partition coefficient (Wildman–Crippen LogP) is 3.01. The van der Waals surface area contributed by atoms with E-state index in [-0.39, 0.29) is 13.1 Å². The molecule has 4 N–H and O–H groups in total. The zero-order chi connectivity index (χ0) is 21.4. The van der Waals surface area contributed by atoms with Gasteiger partial charge in [-0.1, -0.05) is 73.9 Å². The van der Waals surface area contributed by atoms with Crippen molar-refractivity contribution < 1.29 is 19.8 Å². The number of hydrogen-bond donors (Lipinski definition) is 4. The molecule has 0 spiro atoms. The van der Waals surface area contributed by atoms with E-state index in [4.69, 9.17) is 0 Å². The maximum absolute atomic E-state index is 11.6. The number of carboxylic acid groups (broad SMARTS) is 2. The molecular weight excluding hydrogens is 356 g/mol. The van der Waals surface area contributed by atoms with Crippen molar-refractivity contribution in [2.24, 2.45) is 0 Å². The fourth-order valence-electron chi connectivity index (χ4n) is 2.33. The monoisotopic (exact) mass is 386 g/mol. The molecule has 6 heteroatoms. The number of nitrogens with one attached hydrogen (secondary N) is 2. The highest BCUT2D eigenvalue weighted by atomic mass is 16.4. The third kappa shape index (κ3) is 9.66. The van der Waals surface area contributed by atoms with Crippen molar-refractivity contribution >= 4 is 11.9 Å². The summed E-state index contributed by atoms with van der Waals surface area (Å²) in [6.45, 7) is 11.3. The second kappa shape index (κ2) is 15.1. The molecule has 0 aliphatic heterocycles. The highest BCUT2D eigenvalue weighted by Crippen LogP contribution is 2.07. The van der Waals surface area contributed by atoms with E-state index in [1.807, 2.05) is 19.1 Å². The largest absolute Gasteiger partial charge is 0.480 e. The lowest BCUT2D eigenvalue weighted by molar-refractivity contribution is -0.139. The van der Waals surface area contributed by atoms with Gasteiger partial charge in [-0.05, 0) is 25.0 Å². The van der Waals surface area contributed by atoms with E-state index in [0.29, 0.717) is 11.1 Å². The molecule has 0 aliphatic carbocycles. The van der Waals surface area contributed by atoms with Gasteiger partial charge in [-0.3, -0.25) is 20.2 Å². The molecule has 0 bridgehead atoms. The number of carbonyl (C=O) groups is 2. The molecule has 0 fully saturated rings. The Balaban J connectivity index is 5.04. The highest BCUT2D eigenvalue weighted by Gasteiger charge is 2.21. The molecule has 0 heterocycles. The summed E-state index contributed by atoms with van der Waals surface area (Å²) in [6.07, 6.45) is 16.8. The number of hydrogen-bond acceptors (Lipinski definition) is 4. The molecule has 6 nitrogen and oxygen atoms in total. The van der Waals surface area contributed by atoms with Gasteiger partial charge in [0.2, 0.25) is 0 Å². The number of allylic oxidation sites excluding steroid dienone is 8. The number of carboxylic acids is 2. The summed E-state index contributed by atoms with van der Waals surface area (Å²) in [5.74, 6) is -2.05. The van der Waals surface area contributed by atoms with E-state index in [1.54, 1.807) is 49.5 Å². The van der Waals surface area contributed by atoms with Gasteiger partial charge in [-0.25, -0.2) is 0 Å². The third-order valence-corrected chi connectivity index (χ3v) is 3.64. The molecule has 0 aromatic heterocycles. The lowest BCUT2D eigenvalue weighted by Crippen LogP contribution is -2.45. The van der Waals surface area contributed by atoms with Crippen LogP contribution >= 0.6 is 0 Å². The molecule has 0 saturated carbocycles. The minimum Gasteiger partial charge on any atom is -0.480 e. The van der Waals surface area contributed by atoms with Gasteiger partial charge in [0, 0.05) is 13.1 Å². The van der Waals surface area contributed by atoms with Gasteiger partial charge in [0.25, 0.3) is 0 Å². The smallest absolute Gasteiger partial charge is 0.325 e. The Bertz CT molecular complexity index is 685. The van der Waals surface area contributed by atoms with Gasteiger partial charge in [0.15, 0.2) is 0 Å². The second-order valence-electron chi connectivity index (χ2n) is 5.62. The van der Waals surface area contributed by atoms with Crippen molar-refractivity contribution in [2.45, 2.75) is 25.9 Å². The molecule has 0 amide bonds. The fraction of sp³-hybridized carbons (Fsp3) is 0.273. The molecule has 0 rings (SSSR count). The van der Waals surface area contributed by atoms with Gasteiger partial charge in [0.1, 0.15) is 12.1 Å². The summed E-state index contributed by atoms with van der Waals surface area (Å²) >= 11 is 0. The van der Waals surface area contributed by atoms with E-state index >= 15 is 0 Å². The Morgan fingerprint density at radius 1 is 0.857 bits per heavy atom. The van der Waals surface area contributed by atoms with Gasteiger partial charge in [-0.2, -0.15) is 0 Å². The van der Waals surface area contributed by atoms with Crippen LogP contribution < -0.4 is 10.6 Å². The molecule has 0 aromatic carbocycles. The van der Waals surface area contributed by atoms with E-state index in [9.17, 15) is 19.8 Å². The Labute approximate surface area is 167 Å². The minimum atomic E-state index is -1.04. The first-order valence-corrected chi connectivity index (χ1v) is 8.92. The normalized spacial score (nSPS) is 15.2. The van der Waals surface area contributed by atoms with Crippen LogP contribution in [-0.4, -0.2) is 47.3 Å². The van der Waals surface area contributed by atoms with Crippen LogP contribution in [0.4, 0.5) is 0 Å². The molecule has 0 aliphatic rings. The van der Waals surface area contributed by atoms with E-state index < -0.39 is 24.0 Å². The van der Waals surface area contributed by atoms with Gasteiger partial charge >= 0.3 is 11.9 Å². The van der Waals surface area contributed by atoms with Crippen molar-refractivity contribution in [1.82, 2.24) is 10.6 Å². The van der Waals surface area contributed by atoms with Crippen LogP contribution in [0.3, 0.4) is 0 Å². The van der Waals surface area contributed by atoms with Crippen molar-refractivity contribution in [1.29, 1.82) is 0 Å². The first-order valence-electron chi connectivity index (χ1n) is 8.92. The number of aliphatic carboxylic acids is 2. The standard InChI is InChI=1S/C22H30N2O4/c1-5-9-11-14-17(8-4)19(21(25)26)23-15-16-24-20(22(27)28)18(12-7-3)13-10-6-2/h5-14,19-20,23-24H,2-3,15-16H2,1,4H3,(H,25,26)(H,27,28)/b9-5-,13-10-,14-11-,17-8+,18-12+. The van der Waals surface area contributed by atoms with Crippen LogP contribution in [0.15, 0.2) is 85.1 Å². The fourth-order valence-corrected chi connectivity index (χ4v) is 2.33. The predicted molar refractivity (Wildman–Crippen MR) is 114 cm³/mol. The Hall–Kier alpha value is -2.96. The quantitative estimate of drug-likeness (QED) is 0.271. The van der Waals surface area contributed by atoms with Crippen molar-refractivity contribution in [2.75, 3.05) is 13.1 Å². The second-order valence-corrected chi connectivity index (χ2v) is 5.62. The van der Waals surface area contributed by atoms with Gasteiger partial charge in [0.05, 0.1) is 0 Å². The van der Waals surface area contributed by atoms with Crippen LogP contribution in [0.1, 0.15) is 13.8 Å².